The molecule has 1 aromatic carbocycles. The van der Waals surface area contributed by atoms with Crippen LogP contribution in [0.5, 0.6) is 0 Å². The van der Waals surface area contributed by atoms with Gasteiger partial charge in [0.25, 0.3) is 5.91 Å². The number of hydrogen-bond donors (Lipinski definition) is 0. The molecule has 1 atom stereocenters. The van der Waals surface area contributed by atoms with Gasteiger partial charge in [-0.1, -0.05) is 29.4 Å². The summed E-state index contributed by atoms with van der Waals surface area (Å²) < 4.78 is 43.4. The molecular formula is C22H21F3N4O2. The van der Waals surface area contributed by atoms with Gasteiger partial charge in [-0.2, -0.15) is 13.2 Å². The van der Waals surface area contributed by atoms with Crippen molar-refractivity contribution in [3.8, 4) is 0 Å². The van der Waals surface area contributed by atoms with E-state index in [4.69, 9.17) is 0 Å². The van der Waals surface area contributed by atoms with Crippen molar-refractivity contribution in [1.29, 1.82) is 0 Å². The van der Waals surface area contributed by atoms with Crippen LogP contribution in [0.15, 0.2) is 47.2 Å². The molecule has 9 heteroatoms. The van der Waals surface area contributed by atoms with E-state index in [9.17, 15) is 18.0 Å². The number of benzene rings is 1. The standard InChI is InChI=1S/C22H21F3N4O2/c1-14-20(28-31-27-14)21(30)29-9-3-5-17(13-29)19-8-7-16(12-26-19)10-15-4-2-6-18(11-15)22(23,24)25/h2,4,6-8,11-12,17H,3,5,9-10,13H2,1H3/t17-/m1/s1. The lowest BCUT2D eigenvalue weighted by Gasteiger charge is -2.32. The van der Waals surface area contributed by atoms with Crippen LogP contribution >= 0.6 is 0 Å². The largest absolute Gasteiger partial charge is 0.416 e. The van der Waals surface area contributed by atoms with Crippen LogP contribution in [-0.2, 0) is 12.6 Å². The number of piperidine rings is 1. The van der Waals surface area contributed by atoms with Gasteiger partial charge in [0, 0.05) is 30.9 Å². The molecule has 3 heterocycles. The number of aromatic nitrogens is 3. The summed E-state index contributed by atoms with van der Waals surface area (Å²) in [6.45, 7) is 2.83. The minimum Gasteiger partial charge on any atom is -0.336 e. The molecule has 1 aliphatic rings. The summed E-state index contributed by atoms with van der Waals surface area (Å²) in [5.41, 5.74) is 2.31. The first-order valence-electron chi connectivity index (χ1n) is 10.0. The van der Waals surface area contributed by atoms with E-state index in [1.807, 2.05) is 12.1 Å². The molecule has 1 aliphatic heterocycles. The van der Waals surface area contributed by atoms with Gasteiger partial charge in [0.05, 0.1) is 5.56 Å². The summed E-state index contributed by atoms with van der Waals surface area (Å²) in [6.07, 6.45) is -0.551. The predicted molar refractivity (Wildman–Crippen MR) is 105 cm³/mol. The van der Waals surface area contributed by atoms with Crippen molar-refractivity contribution in [1.82, 2.24) is 20.2 Å². The van der Waals surface area contributed by atoms with Gasteiger partial charge in [-0.05, 0) is 54.6 Å². The first kappa shape index (κ1) is 21.0. The third-order valence-corrected chi connectivity index (χ3v) is 5.49. The third-order valence-electron chi connectivity index (χ3n) is 5.49. The van der Waals surface area contributed by atoms with Crippen LogP contribution in [0.3, 0.4) is 0 Å². The average molecular weight is 430 g/mol. The summed E-state index contributed by atoms with van der Waals surface area (Å²) in [4.78, 5) is 18.9. The number of halogens is 3. The molecule has 0 saturated carbocycles. The zero-order chi connectivity index (χ0) is 22.0. The maximum absolute atomic E-state index is 12.9. The number of pyridine rings is 1. The topological polar surface area (TPSA) is 72.1 Å². The minimum atomic E-state index is -4.36. The molecule has 3 aromatic rings. The number of aryl methyl sites for hydroxylation is 1. The first-order chi connectivity index (χ1) is 14.8. The normalized spacial score (nSPS) is 17.0. The number of likely N-dealkylation sites (tertiary alicyclic amines) is 1. The van der Waals surface area contributed by atoms with Crippen molar-refractivity contribution in [2.24, 2.45) is 0 Å². The van der Waals surface area contributed by atoms with Gasteiger partial charge < -0.3 is 4.90 Å². The summed E-state index contributed by atoms with van der Waals surface area (Å²) in [7, 11) is 0. The number of rotatable bonds is 4. The Labute approximate surface area is 177 Å². The van der Waals surface area contributed by atoms with Gasteiger partial charge in [-0.25, -0.2) is 4.63 Å². The lowest BCUT2D eigenvalue weighted by atomic mass is 9.93. The smallest absolute Gasteiger partial charge is 0.336 e. The minimum absolute atomic E-state index is 0.0838. The molecule has 4 rings (SSSR count). The maximum Gasteiger partial charge on any atom is 0.416 e. The van der Waals surface area contributed by atoms with Crippen LogP contribution in [-0.4, -0.2) is 39.2 Å². The zero-order valence-electron chi connectivity index (χ0n) is 16.9. The van der Waals surface area contributed by atoms with E-state index in [1.165, 1.54) is 12.1 Å². The van der Waals surface area contributed by atoms with Gasteiger partial charge in [0.15, 0.2) is 5.69 Å². The Kier molecular flexibility index (Phi) is 5.75. The second kappa shape index (κ2) is 8.49. The summed E-state index contributed by atoms with van der Waals surface area (Å²) >= 11 is 0. The highest BCUT2D eigenvalue weighted by Gasteiger charge is 2.31. The van der Waals surface area contributed by atoms with Gasteiger partial charge in [0.2, 0.25) is 0 Å². The molecule has 0 N–H and O–H groups in total. The number of carbonyl (C=O) groups excluding carboxylic acids is 1. The Bertz CT molecular complexity index is 1060. The molecule has 0 spiro atoms. The van der Waals surface area contributed by atoms with E-state index in [-0.39, 0.29) is 17.5 Å². The molecule has 0 unspecified atom stereocenters. The first-order valence-corrected chi connectivity index (χ1v) is 10.0. The van der Waals surface area contributed by atoms with Gasteiger partial charge in [-0.3, -0.25) is 9.78 Å². The monoisotopic (exact) mass is 430 g/mol. The Balaban J connectivity index is 1.43. The lowest BCUT2D eigenvalue weighted by Crippen LogP contribution is -2.39. The van der Waals surface area contributed by atoms with Crippen LogP contribution < -0.4 is 0 Å². The highest BCUT2D eigenvalue weighted by atomic mass is 19.4. The van der Waals surface area contributed by atoms with Crippen molar-refractivity contribution < 1.29 is 22.6 Å². The number of amides is 1. The number of nitrogens with zero attached hydrogens (tertiary/aromatic N) is 4. The van der Waals surface area contributed by atoms with Crippen LogP contribution in [0, 0.1) is 6.92 Å². The van der Waals surface area contributed by atoms with Crippen molar-refractivity contribution in [2.45, 2.75) is 38.3 Å². The van der Waals surface area contributed by atoms with Crippen LogP contribution in [0.1, 0.15) is 57.3 Å². The van der Waals surface area contributed by atoms with Crippen molar-refractivity contribution in [3.63, 3.8) is 0 Å². The molecule has 0 aliphatic carbocycles. The fourth-order valence-electron chi connectivity index (χ4n) is 3.85. The zero-order valence-corrected chi connectivity index (χ0v) is 16.9. The Morgan fingerprint density at radius 2 is 2.03 bits per heavy atom. The summed E-state index contributed by atoms with van der Waals surface area (Å²) in [5, 5.41) is 7.36. The Morgan fingerprint density at radius 1 is 1.19 bits per heavy atom. The van der Waals surface area contributed by atoms with E-state index in [1.54, 1.807) is 24.1 Å². The quantitative estimate of drug-likeness (QED) is 0.613. The molecule has 0 bridgehead atoms. The average Bonchev–Trinajstić information content (AvgIpc) is 3.19. The fourth-order valence-corrected chi connectivity index (χ4v) is 3.85. The number of alkyl halides is 3. The second-order valence-electron chi connectivity index (χ2n) is 7.75. The molecule has 1 saturated heterocycles. The highest BCUT2D eigenvalue weighted by molar-refractivity contribution is 5.93. The number of hydrogen-bond acceptors (Lipinski definition) is 5. The van der Waals surface area contributed by atoms with E-state index in [2.05, 4.69) is 19.9 Å². The van der Waals surface area contributed by atoms with Crippen molar-refractivity contribution >= 4 is 5.91 Å². The van der Waals surface area contributed by atoms with Gasteiger partial charge in [0.1, 0.15) is 5.69 Å². The van der Waals surface area contributed by atoms with Crippen molar-refractivity contribution in [3.05, 3.63) is 76.4 Å². The van der Waals surface area contributed by atoms with Gasteiger partial charge >= 0.3 is 6.18 Å². The van der Waals surface area contributed by atoms with Gasteiger partial charge in [-0.15, -0.1) is 0 Å². The molecule has 1 fully saturated rings. The highest BCUT2D eigenvalue weighted by Crippen LogP contribution is 2.30. The predicted octanol–water partition coefficient (Wildman–Crippen LogP) is 4.40. The van der Waals surface area contributed by atoms with E-state index < -0.39 is 11.7 Å². The Hall–Kier alpha value is -3.23. The summed E-state index contributed by atoms with van der Waals surface area (Å²) in [5.74, 6) is -0.120. The van der Waals surface area contributed by atoms with Crippen LogP contribution in [0.4, 0.5) is 13.2 Å². The summed E-state index contributed by atoms with van der Waals surface area (Å²) in [6, 6.07) is 9.10. The SMILES string of the molecule is Cc1nonc1C(=O)N1CCC[C@@H](c2ccc(Cc3cccc(C(F)(F)F)c3)cn2)C1. The molecule has 6 nitrogen and oxygen atoms in total. The van der Waals surface area contributed by atoms with Crippen molar-refractivity contribution in [2.75, 3.05) is 13.1 Å². The molecule has 31 heavy (non-hydrogen) atoms. The van der Waals surface area contributed by atoms with E-state index in [0.717, 1.165) is 30.2 Å². The second-order valence-corrected chi connectivity index (χ2v) is 7.75. The van der Waals surface area contributed by atoms with E-state index >= 15 is 0 Å². The lowest BCUT2D eigenvalue weighted by molar-refractivity contribution is -0.137. The molecule has 0 radical (unpaired) electrons. The molecular weight excluding hydrogens is 409 g/mol. The Morgan fingerprint density at radius 3 is 2.71 bits per heavy atom. The molecule has 2 aromatic heterocycles. The van der Waals surface area contributed by atoms with Crippen LogP contribution in [0.2, 0.25) is 0 Å². The molecule has 1 amide bonds. The number of carbonyl (C=O) groups is 1. The fraction of sp³-hybridized carbons (Fsp3) is 0.364. The molecule has 162 valence electrons. The maximum atomic E-state index is 12.9. The van der Waals surface area contributed by atoms with Crippen LogP contribution in [0.25, 0.3) is 0 Å². The third kappa shape index (κ3) is 4.76. The van der Waals surface area contributed by atoms with E-state index in [0.29, 0.717) is 30.8 Å².